The van der Waals surface area contributed by atoms with Crippen molar-refractivity contribution in [2.24, 2.45) is 5.92 Å². The van der Waals surface area contributed by atoms with Crippen LogP contribution >= 0.6 is 8.61 Å². The summed E-state index contributed by atoms with van der Waals surface area (Å²) in [5, 5.41) is 20.4. The van der Waals surface area contributed by atoms with Gasteiger partial charge in [0.2, 0.25) is 8.61 Å². The van der Waals surface area contributed by atoms with Crippen molar-refractivity contribution < 1.29 is 22.5 Å². The third-order valence-electron chi connectivity index (χ3n) is 10.5. The highest BCUT2D eigenvalue weighted by Gasteiger charge is 2.31. The molecule has 2 saturated heterocycles. The van der Waals surface area contributed by atoms with E-state index < -0.39 is 12.6 Å². The highest BCUT2D eigenvalue weighted by Crippen LogP contribution is 2.34. The number of alkyl halides is 3. The van der Waals surface area contributed by atoms with E-state index in [1.807, 2.05) is 19.9 Å². The van der Waals surface area contributed by atoms with E-state index in [0.29, 0.717) is 40.8 Å². The van der Waals surface area contributed by atoms with Gasteiger partial charge in [-0.1, -0.05) is 25.5 Å². The lowest BCUT2D eigenvalue weighted by molar-refractivity contribution is -0.128. The summed E-state index contributed by atoms with van der Waals surface area (Å²) in [4.78, 5) is 13.9. The quantitative estimate of drug-likeness (QED) is 0.156. The van der Waals surface area contributed by atoms with Crippen LogP contribution in [0.2, 0.25) is 0 Å². The van der Waals surface area contributed by atoms with Crippen molar-refractivity contribution in [1.82, 2.24) is 34.7 Å². The fraction of sp³-hybridized carbons (Fsp3) is 0.605. The molecule has 4 heterocycles. The Labute approximate surface area is 313 Å². The van der Waals surface area contributed by atoms with Crippen molar-refractivity contribution in [2.45, 2.75) is 91.7 Å². The Hall–Kier alpha value is -3.60. The molecule has 0 bridgehead atoms. The number of anilines is 1. The predicted molar refractivity (Wildman–Crippen MR) is 205 cm³/mol. The van der Waals surface area contributed by atoms with Crippen molar-refractivity contribution in [3.05, 3.63) is 51.9 Å². The number of nitriles is 1. The lowest BCUT2D eigenvalue weighted by Gasteiger charge is -2.33. The number of fused-ring (bicyclic) bond motifs is 1. The lowest BCUT2D eigenvalue weighted by Crippen LogP contribution is -2.48. The van der Waals surface area contributed by atoms with E-state index in [1.54, 1.807) is 20.0 Å². The standard InChI is InChI=1S/C37H51F3N8O.CH4NOP/c1-7-24(2)29(20-37(38,39)40)18-33-27(5)43-36(49-6)45-35(33)44-30-10-14-46(15-11-30)23-28-8-9-34-32(26(28)4)19-31(21-41)48(34)22-25(3)47-16-12-42-13-17-47;1-2-4-3/h8-9,18-19,24-25,30,42H,7,10-17,20,22-23H2,1-6H3,(H,43,44,45);1H3,(H,2,3)/b29-18-;/t24?,25-;/m0./s1. The minimum absolute atomic E-state index is 0.00154. The van der Waals surface area contributed by atoms with E-state index in [9.17, 15) is 18.4 Å². The number of aryl methyl sites for hydroxylation is 2. The van der Waals surface area contributed by atoms with E-state index in [4.69, 9.17) is 9.30 Å². The monoisotopic (exact) mass is 757 g/mol. The van der Waals surface area contributed by atoms with Gasteiger partial charge in [-0.15, -0.1) is 0 Å². The molecule has 2 aromatic heterocycles. The van der Waals surface area contributed by atoms with E-state index in [2.05, 4.69) is 72.1 Å². The smallest absolute Gasteiger partial charge is 0.392 e. The molecule has 2 fully saturated rings. The average Bonchev–Trinajstić information content (AvgIpc) is 3.51. The van der Waals surface area contributed by atoms with Gasteiger partial charge in [-0.3, -0.25) is 14.4 Å². The maximum absolute atomic E-state index is 13.5. The van der Waals surface area contributed by atoms with Crippen LogP contribution < -0.4 is 20.5 Å². The molecule has 290 valence electrons. The van der Waals surface area contributed by atoms with Crippen LogP contribution in [-0.2, 0) is 17.7 Å². The Morgan fingerprint density at radius 3 is 2.43 bits per heavy atom. The molecule has 5 rings (SSSR count). The summed E-state index contributed by atoms with van der Waals surface area (Å²) in [6.45, 7) is 17.2. The van der Waals surface area contributed by atoms with Gasteiger partial charge < -0.3 is 19.9 Å². The van der Waals surface area contributed by atoms with Gasteiger partial charge in [-0.25, -0.2) is 5.09 Å². The van der Waals surface area contributed by atoms with Gasteiger partial charge in [-0.05, 0) is 82.3 Å². The second kappa shape index (κ2) is 19.6. The third-order valence-corrected chi connectivity index (χ3v) is 10.7. The van der Waals surface area contributed by atoms with Crippen LogP contribution in [0.1, 0.15) is 74.5 Å². The minimum Gasteiger partial charge on any atom is -0.467 e. The number of piperidine rings is 1. The van der Waals surface area contributed by atoms with Gasteiger partial charge in [0.1, 0.15) is 17.6 Å². The zero-order chi connectivity index (χ0) is 38.7. The van der Waals surface area contributed by atoms with Crippen LogP contribution in [0.3, 0.4) is 0 Å². The summed E-state index contributed by atoms with van der Waals surface area (Å²) in [6.07, 6.45) is -1.32. The first-order valence-electron chi connectivity index (χ1n) is 18.5. The largest absolute Gasteiger partial charge is 0.467 e. The molecule has 0 saturated carbocycles. The number of allylic oxidation sites excluding steroid dienone is 1. The number of piperazine rings is 1. The van der Waals surface area contributed by atoms with Crippen LogP contribution in [0.25, 0.3) is 17.0 Å². The highest BCUT2D eigenvalue weighted by atomic mass is 31.1. The Bertz CT molecular complexity index is 1740. The lowest BCUT2D eigenvalue weighted by atomic mass is 9.93. The Morgan fingerprint density at radius 1 is 1.17 bits per heavy atom. The van der Waals surface area contributed by atoms with Crippen LogP contribution in [0.5, 0.6) is 6.01 Å². The Kier molecular flexibility index (Phi) is 15.6. The predicted octanol–water partition coefficient (Wildman–Crippen LogP) is 7.09. The zero-order valence-electron chi connectivity index (χ0n) is 32.1. The summed E-state index contributed by atoms with van der Waals surface area (Å²) in [5.74, 6) is 0.281. The number of ether oxygens (including phenoxy) is 1. The van der Waals surface area contributed by atoms with Gasteiger partial charge in [0, 0.05) is 80.9 Å². The summed E-state index contributed by atoms with van der Waals surface area (Å²) in [6, 6.07) is 9.48. The molecule has 15 heteroatoms. The molecular weight excluding hydrogens is 702 g/mol. The van der Waals surface area contributed by atoms with Gasteiger partial charge in [0.05, 0.1) is 19.2 Å². The summed E-state index contributed by atoms with van der Waals surface area (Å²) in [5.41, 5.74) is 5.74. The van der Waals surface area contributed by atoms with Crippen LogP contribution in [-0.4, -0.2) is 96.0 Å². The second-order valence-corrected chi connectivity index (χ2v) is 14.7. The molecule has 1 aromatic carbocycles. The van der Waals surface area contributed by atoms with E-state index in [0.717, 1.165) is 76.1 Å². The Morgan fingerprint density at radius 2 is 1.85 bits per heavy atom. The molecule has 2 aliphatic rings. The maximum atomic E-state index is 13.5. The average molecular weight is 758 g/mol. The molecule has 2 aliphatic heterocycles. The van der Waals surface area contributed by atoms with Crippen molar-refractivity contribution >= 4 is 31.4 Å². The van der Waals surface area contributed by atoms with E-state index >= 15 is 0 Å². The molecule has 0 spiro atoms. The number of rotatable bonds is 13. The molecular formula is C38H55F3N9O2P. The molecule has 0 amide bonds. The van der Waals surface area contributed by atoms with Crippen molar-refractivity contribution in [3.8, 4) is 12.1 Å². The first-order valence-corrected chi connectivity index (χ1v) is 19.3. The number of likely N-dealkylation sites (tertiary alicyclic amines) is 1. The van der Waals surface area contributed by atoms with Crippen LogP contribution in [0.4, 0.5) is 19.0 Å². The van der Waals surface area contributed by atoms with Crippen molar-refractivity contribution in [2.75, 3.05) is 58.7 Å². The fourth-order valence-corrected chi connectivity index (χ4v) is 7.13. The SMILES string of the molecule is CCC(C)/C(=C\c1c(C)nc(OC)nc1NC1CCN(Cc2ccc3c(cc(C#N)n3C[C@H](C)N3CCNCC3)c2C)CC1)CC(F)(F)F.CNP=O. The molecule has 1 unspecified atom stereocenters. The van der Waals surface area contributed by atoms with Gasteiger partial charge >= 0.3 is 12.2 Å². The van der Waals surface area contributed by atoms with E-state index in [1.165, 1.54) is 18.2 Å². The molecule has 11 nitrogen and oxygen atoms in total. The van der Waals surface area contributed by atoms with Crippen LogP contribution in [0.15, 0.2) is 23.8 Å². The normalized spacial score (nSPS) is 17.6. The van der Waals surface area contributed by atoms with Crippen molar-refractivity contribution in [1.29, 1.82) is 5.26 Å². The number of hydrogen-bond donors (Lipinski definition) is 3. The van der Waals surface area contributed by atoms with E-state index in [-0.39, 0.29) is 26.6 Å². The summed E-state index contributed by atoms with van der Waals surface area (Å²) >= 11 is 0. The number of methoxy groups -OCH3 is 1. The summed E-state index contributed by atoms with van der Waals surface area (Å²) in [7, 11) is 3.09. The Balaban J connectivity index is 0.00000149. The molecule has 53 heavy (non-hydrogen) atoms. The number of benzene rings is 1. The number of nitrogens with one attached hydrogen (secondary N) is 3. The topological polar surface area (TPSA) is 123 Å². The number of nitrogens with zero attached hydrogens (tertiary/aromatic N) is 6. The molecule has 3 aromatic rings. The van der Waals surface area contributed by atoms with Gasteiger partial charge in [-0.2, -0.15) is 28.4 Å². The molecule has 3 N–H and O–H groups in total. The second-order valence-electron chi connectivity index (χ2n) is 14.1. The molecule has 2 atom stereocenters. The third kappa shape index (κ3) is 11.4. The van der Waals surface area contributed by atoms with Crippen molar-refractivity contribution in [3.63, 3.8) is 0 Å². The maximum Gasteiger partial charge on any atom is 0.392 e. The highest BCUT2D eigenvalue weighted by molar-refractivity contribution is 7.20. The van der Waals surface area contributed by atoms with Crippen LogP contribution in [0, 0.1) is 31.1 Å². The first kappa shape index (κ1) is 42.1. The number of hydrogen-bond acceptors (Lipinski definition) is 9. The summed E-state index contributed by atoms with van der Waals surface area (Å²) < 4.78 is 57.2. The minimum atomic E-state index is -4.30. The first-order chi connectivity index (χ1) is 25.3. The number of aromatic nitrogens is 3. The number of halogens is 3. The molecule has 0 aliphatic carbocycles. The van der Waals surface area contributed by atoms with Gasteiger partial charge in [0.15, 0.2) is 0 Å². The molecule has 0 radical (unpaired) electrons. The zero-order valence-corrected chi connectivity index (χ0v) is 33.0. The fourth-order valence-electron chi connectivity index (χ4n) is 7.13. The van der Waals surface area contributed by atoms with Gasteiger partial charge in [0.25, 0.3) is 0 Å².